The maximum atomic E-state index is 10.2. The van der Waals surface area contributed by atoms with Crippen LogP contribution in [0, 0.1) is 11.8 Å². The molecule has 0 saturated carbocycles. The predicted octanol–water partition coefficient (Wildman–Crippen LogP) is 0.996. The van der Waals surface area contributed by atoms with Crippen molar-refractivity contribution in [3.63, 3.8) is 0 Å². The van der Waals surface area contributed by atoms with Crippen molar-refractivity contribution in [3.05, 3.63) is 24.3 Å². The van der Waals surface area contributed by atoms with Gasteiger partial charge >= 0.3 is 0 Å². The molecular formula is C17H28NO3+. The van der Waals surface area contributed by atoms with E-state index in [1.807, 2.05) is 24.3 Å². The summed E-state index contributed by atoms with van der Waals surface area (Å²) in [5.74, 6) is 3.00. The zero-order valence-corrected chi connectivity index (χ0v) is 13.3. The van der Waals surface area contributed by atoms with E-state index >= 15 is 0 Å². The molecule has 1 aromatic carbocycles. The van der Waals surface area contributed by atoms with Crippen LogP contribution in [-0.2, 0) is 0 Å². The maximum absolute atomic E-state index is 10.2. The first-order chi connectivity index (χ1) is 10.1. The molecule has 1 heterocycles. The van der Waals surface area contributed by atoms with Gasteiger partial charge in [0.05, 0.1) is 20.2 Å². The highest BCUT2D eigenvalue weighted by Crippen LogP contribution is 2.18. The molecule has 2 N–H and O–H groups in total. The molecule has 0 aliphatic carbocycles. The highest BCUT2D eigenvalue weighted by Gasteiger charge is 2.26. The van der Waals surface area contributed by atoms with E-state index in [2.05, 4.69) is 13.8 Å². The first kappa shape index (κ1) is 16.1. The van der Waals surface area contributed by atoms with Crippen LogP contribution in [0.5, 0.6) is 11.5 Å². The van der Waals surface area contributed by atoms with Gasteiger partial charge in [0, 0.05) is 17.9 Å². The summed E-state index contributed by atoms with van der Waals surface area (Å²) in [6.07, 6.45) is 0.878. The molecule has 1 aliphatic heterocycles. The van der Waals surface area contributed by atoms with Crippen LogP contribution < -0.4 is 14.4 Å². The highest BCUT2D eigenvalue weighted by molar-refractivity contribution is 5.32. The molecule has 4 nitrogen and oxygen atoms in total. The molecule has 1 saturated heterocycles. The van der Waals surface area contributed by atoms with E-state index in [1.54, 1.807) is 7.11 Å². The Labute approximate surface area is 127 Å². The van der Waals surface area contributed by atoms with Crippen molar-refractivity contribution >= 4 is 0 Å². The number of methoxy groups -OCH3 is 1. The molecule has 0 radical (unpaired) electrons. The molecule has 2 rings (SSSR count). The van der Waals surface area contributed by atoms with E-state index < -0.39 is 6.10 Å². The SMILES string of the molecule is COc1cccc(OC[C@@H](O)C[NH+]2C[C@@H](C)C[C@H](C)C2)c1. The Morgan fingerprint density at radius 2 is 1.90 bits per heavy atom. The van der Waals surface area contributed by atoms with E-state index in [1.165, 1.54) is 11.3 Å². The van der Waals surface area contributed by atoms with Gasteiger partial charge in [-0.1, -0.05) is 19.9 Å². The Hall–Kier alpha value is -1.26. The minimum Gasteiger partial charge on any atom is -0.497 e. The Balaban J connectivity index is 1.77. The van der Waals surface area contributed by atoms with Crippen molar-refractivity contribution < 1.29 is 19.5 Å². The highest BCUT2D eigenvalue weighted by atomic mass is 16.5. The number of likely N-dealkylation sites (tertiary alicyclic amines) is 1. The molecule has 0 spiro atoms. The summed E-state index contributed by atoms with van der Waals surface area (Å²) >= 11 is 0. The third-order valence-electron chi connectivity index (χ3n) is 4.09. The number of benzene rings is 1. The van der Waals surface area contributed by atoms with Gasteiger partial charge in [-0.2, -0.15) is 0 Å². The van der Waals surface area contributed by atoms with Crippen LogP contribution in [0.15, 0.2) is 24.3 Å². The molecule has 1 fully saturated rings. The van der Waals surface area contributed by atoms with Crippen LogP contribution in [0.2, 0.25) is 0 Å². The van der Waals surface area contributed by atoms with Crippen molar-refractivity contribution in [1.82, 2.24) is 0 Å². The maximum Gasteiger partial charge on any atom is 0.137 e. The number of rotatable bonds is 6. The smallest absolute Gasteiger partial charge is 0.137 e. The van der Waals surface area contributed by atoms with E-state index in [4.69, 9.17) is 9.47 Å². The fourth-order valence-corrected chi connectivity index (χ4v) is 3.36. The summed E-state index contributed by atoms with van der Waals surface area (Å²) in [6.45, 7) is 8.00. The molecular weight excluding hydrogens is 266 g/mol. The van der Waals surface area contributed by atoms with Crippen LogP contribution in [0.1, 0.15) is 20.3 Å². The van der Waals surface area contributed by atoms with Gasteiger partial charge in [0.1, 0.15) is 30.8 Å². The van der Waals surface area contributed by atoms with E-state index in [-0.39, 0.29) is 0 Å². The lowest BCUT2D eigenvalue weighted by Gasteiger charge is -2.33. The van der Waals surface area contributed by atoms with Gasteiger partial charge in [-0.15, -0.1) is 0 Å². The fourth-order valence-electron chi connectivity index (χ4n) is 3.36. The summed E-state index contributed by atoms with van der Waals surface area (Å²) < 4.78 is 10.8. The normalized spacial score (nSPS) is 27.1. The summed E-state index contributed by atoms with van der Waals surface area (Å²) in [5.41, 5.74) is 0. The van der Waals surface area contributed by atoms with Crippen LogP contribution in [0.3, 0.4) is 0 Å². The van der Waals surface area contributed by atoms with Gasteiger partial charge in [0.25, 0.3) is 0 Å². The van der Waals surface area contributed by atoms with Gasteiger partial charge in [-0.3, -0.25) is 0 Å². The number of nitrogens with one attached hydrogen (secondary N) is 1. The minimum absolute atomic E-state index is 0.333. The quantitative estimate of drug-likeness (QED) is 0.822. The topological polar surface area (TPSA) is 43.1 Å². The summed E-state index contributed by atoms with van der Waals surface area (Å²) in [5, 5.41) is 10.2. The number of aliphatic hydroxyl groups excluding tert-OH is 1. The average molecular weight is 294 g/mol. The Morgan fingerprint density at radius 3 is 2.57 bits per heavy atom. The van der Waals surface area contributed by atoms with Gasteiger partial charge in [-0.25, -0.2) is 0 Å². The number of hydrogen-bond acceptors (Lipinski definition) is 3. The predicted molar refractivity (Wildman–Crippen MR) is 83.0 cm³/mol. The average Bonchev–Trinajstić information content (AvgIpc) is 2.44. The van der Waals surface area contributed by atoms with Gasteiger partial charge < -0.3 is 19.5 Å². The van der Waals surface area contributed by atoms with Crippen LogP contribution >= 0.6 is 0 Å². The lowest BCUT2D eigenvalue weighted by Crippen LogP contribution is -3.15. The summed E-state index contributed by atoms with van der Waals surface area (Å²) in [6, 6.07) is 7.49. The van der Waals surface area contributed by atoms with Crippen molar-refractivity contribution in [2.24, 2.45) is 11.8 Å². The van der Waals surface area contributed by atoms with Gasteiger partial charge in [-0.05, 0) is 18.6 Å². The number of ether oxygens (including phenoxy) is 2. The third-order valence-corrected chi connectivity index (χ3v) is 4.09. The minimum atomic E-state index is -0.427. The first-order valence-electron chi connectivity index (χ1n) is 7.85. The van der Waals surface area contributed by atoms with Crippen molar-refractivity contribution in [3.8, 4) is 11.5 Å². The summed E-state index contributed by atoms with van der Waals surface area (Å²) in [4.78, 5) is 1.49. The molecule has 118 valence electrons. The van der Waals surface area contributed by atoms with E-state index in [0.29, 0.717) is 6.61 Å². The Morgan fingerprint density at radius 1 is 1.24 bits per heavy atom. The molecule has 1 aromatic rings. The Bertz CT molecular complexity index is 428. The largest absolute Gasteiger partial charge is 0.497 e. The van der Waals surface area contributed by atoms with Gasteiger partial charge in [0.2, 0.25) is 0 Å². The lowest BCUT2D eigenvalue weighted by atomic mass is 9.92. The molecule has 0 amide bonds. The summed E-state index contributed by atoms with van der Waals surface area (Å²) in [7, 11) is 1.63. The number of hydrogen-bond donors (Lipinski definition) is 2. The van der Waals surface area contributed by atoms with Gasteiger partial charge in [0.15, 0.2) is 0 Å². The second-order valence-electron chi connectivity index (χ2n) is 6.45. The fraction of sp³-hybridized carbons (Fsp3) is 0.647. The molecule has 4 heteroatoms. The van der Waals surface area contributed by atoms with Crippen LogP contribution in [0.25, 0.3) is 0 Å². The molecule has 1 aliphatic rings. The van der Waals surface area contributed by atoms with Crippen LogP contribution in [0.4, 0.5) is 0 Å². The van der Waals surface area contributed by atoms with Crippen molar-refractivity contribution in [1.29, 1.82) is 0 Å². The first-order valence-corrected chi connectivity index (χ1v) is 7.85. The van der Waals surface area contributed by atoms with Crippen molar-refractivity contribution in [2.45, 2.75) is 26.4 Å². The third kappa shape index (κ3) is 5.21. The van der Waals surface area contributed by atoms with E-state index in [0.717, 1.165) is 43.0 Å². The monoisotopic (exact) mass is 294 g/mol. The second kappa shape index (κ2) is 7.66. The zero-order chi connectivity index (χ0) is 15.2. The number of piperidine rings is 1. The van der Waals surface area contributed by atoms with Crippen LogP contribution in [-0.4, -0.2) is 44.6 Å². The molecule has 3 atom stereocenters. The molecule has 21 heavy (non-hydrogen) atoms. The second-order valence-corrected chi connectivity index (χ2v) is 6.45. The lowest BCUT2D eigenvalue weighted by molar-refractivity contribution is -0.915. The van der Waals surface area contributed by atoms with E-state index in [9.17, 15) is 5.11 Å². The molecule has 0 unspecified atom stereocenters. The number of quaternary nitrogens is 1. The Kier molecular flexibility index (Phi) is 5.88. The molecule has 0 aromatic heterocycles. The number of aliphatic hydroxyl groups is 1. The standard InChI is InChI=1S/C17H27NO3/c1-13-7-14(2)10-18(9-13)11-15(19)12-21-17-6-4-5-16(8-17)20-3/h4-6,8,13-15,19H,7,9-12H2,1-3H3/p+1/t13-,14-,15-/m0/s1. The molecule has 0 bridgehead atoms. The van der Waals surface area contributed by atoms with Crippen molar-refractivity contribution in [2.75, 3.05) is 33.4 Å². The zero-order valence-electron chi connectivity index (χ0n) is 13.3.